The Bertz CT molecular complexity index is 1230. The average Bonchev–Trinajstić information content (AvgIpc) is 3.11. The van der Waals surface area contributed by atoms with E-state index in [-0.39, 0.29) is 16.5 Å². The second kappa shape index (κ2) is 9.97. The number of nitrogens with zero attached hydrogens (tertiary/aromatic N) is 1. The van der Waals surface area contributed by atoms with Gasteiger partial charge in [0.25, 0.3) is 21.7 Å². The fourth-order valence-corrected chi connectivity index (χ4v) is 5.61. The van der Waals surface area contributed by atoms with E-state index in [4.69, 9.17) is 0 Å². The largest absolute Gasteiger partial charge is 0.321 e. The van der Waals surface area contributed by atoms with Gasteiger partial charge in [-0.3, -0.25) is 9.52 Å². The van der Waals surface area contributed by atoms with E-state index in [0.29, 0.717) is 38.5 Å². The smallest absolute Gasteiger partial charge is 0.288 e. The maximum Gasteiger partial charge on any atom is 0.288 e. The summed E-state index contributed by atoms with van der Waals surface area (Å²) < 4.78 is 53.2. The summed E-state index contributed by atoms with van der Waals surface area (Å²) in [6.07, 6.45) is 0.721. The number of halogens is 2. The predicted molar refractivity (Wildman–Crippen MR) is 124 cm³/mol. The number of alkyl halides is 2. The van der Waals surface area contributed by atoms with Crippen LogP contribution in [0.5, 0.6) is 0 Å². The van der Waals surface area contributed by atoms with Crippen LogP contribution in [0, 0.1) is 13.8 Å². The molecular formula is C21H21F2N3O3S3. The third kappa shape index (κ3) is 5.84. The SMILES string of the molecule is CCc1nc(C)c(C(=O)Nc2ccc(C)c(S(=O)(=O)Nc3ccc(SC(F)F)cc3)c2)s1. The van der Waals surface area contributed by atoms with Crippen LogP contribution in [0.2, 0.25) is 0 Å². The van der Waals surface area contributed by atoms with Crippen LogP contribution < -0.4 is 10.0 Å². The molecule has 3 rings (SSSR count). The summed E-state index contributed by atoms with van der Waals surface area (Å²) in [7, 11) is -3.98. The Labute approximate surface area is 193 Å². The molecule has 1 aromatic heterocycles. The zero-order chi connectivity index (χ0) is 23.5. The molecule has 0 aliphatic carbocycles. The van der Waals surface area contributed by atoms with Crippen molar-refractivity contribution in [3.8, 4) is 0 Å². The molecule has 0 saturated heterocycles. The molecule has 1 heterocycles. The van der Waals surface area contributed by atoms with Crippen molar-refractivity contribution in [1.29, 1.82) is 0 Å². The van der Waals surface area contributed by atoms with Gasteiger partial charge in [-0.15, -0.1) is 11.3 Å². The van der Waals surface area contributed by atoms with Gasteiger partial charge in [-0.1, -0.05) is 24.8 Å². The lowest BCUT2D eigenvalue weighted by Gasteiger charge is -2.13. The molecule has 6 nitrogen and oxygen atoms in total. The van der Waals surface area contributed by atoms with E-state index >= 15 is 0 Å². The highest BCUT2D eigenvalue weighted by Crippen LogP contribution is 2.28. The van der Waals surface area contributed by atoms with Crippen molar-refractivity contribution in [2.75, 3.05) is 10.0 Å². The van der Waals surface area contributed by atoms with Gasteiger partial charge in [-0.05, 0) is 62.2 Å². The first kappa shape index (κ1) is 24.1. The van der Waals surface area contributed by atoms with Crippen molar-refractivity contribution in [2.45, 2.75) is 42.7 Å². The Balaban J connectivity index is 1.80. The minimum absolute atomic E-state index is 0.00314. The zero-order valence-electron chi connectivity index (χ0n) is 17.5. The fraction of sp³-hybridized carbons (Fsp3) is 0.238. The van der Waals surface area contributed by atoms with Gasteiger partial charge in [0.15, 0.2) is 0 Å². The van der Waals surface area contributed by atoms with E-state index in [0.717, 1.165) is 11.4 Å². The molecule has 0 bridgehead atoms. The molecule has 2 aromatic carbocycles. The normalized spacial score (nSPS) is 11.6. The molecule has 0 atom stereocenters. The van der Waals surface area contributed by atoms with Gasteiger partial charge >= 0.3 is 0 Å². The average molecular weight is 498 g/mol. The van der Waals surface area contributed by atoms with Gasteiger partial charge in [0.2, 0.25) is 0 Å². The lowest BCUT2D eigenvalue weighted by Crippen LogP contribution is -2.16. The fourth-order valence-electron chi connectivity index (χ4n) is 2.88. The summed E-state index contributed by atoms with van der Waals surface area (Å²) in [5, 5.41) is 3.58. The molecule has 0 aliphatic rings. The molecule has 0 radical (unpaired) electrons. The summed E-state index contributed by atoms with van der Waals surface area (Å²) in [6.45, 7) is 5.35. The lowest BCUT2D eigenvalue weighted by atomic mass is 10.2. The number of amides is 1. The molecule has 0 aliphatic heterocycles. The number of thioether (sulfide) groups is 1. The number of rotatable bonds is 8. The van der Waals surface area contributed by atoms with Crippen LogP contribution in [0.1, 0.15) is 32.9 Å². The number of hydrogen-bond donors (Lipinski definition) is 2. The Kier molecular flexibility index (Phi) is 7.52. The van der Waals surface area contributed by atoms with E-state index in [1.807, 2.05) is 6.92 Å². The molecule has 0 spiro atoms. The molecular weight excluding hydrogens is 476 g/mol. The molecule has 11 heteroatoms. The van der Waals surface area contributed by atoms with Gasteiger partial charge in [-0.2, -0.15) is 8.78 Å². The number of carbonyl (C=O) groups excluding carboxylic acids is 1. The van der Waals surface area contributed by atoms with Gasteiger partial charge in [-0.25, -0.2) is 13.4 Å². The van der Waals surface area contributed by atoms with E-state index < -0.39 is 15.8 Å². The monoisotopic (exact) mass is 497 g/mol. The van der Waals surface area contributed by atoms with Crippen molar-refractivity contribution < 1.29 is 22.0 Å². The maximum atomic E-state index is 12.9. The number of anilines is 2. The van der Waals surface area contributed by atoms with Crippen molar-refractivity contribution >= 4 is 50.4 Å². The van der Waals surface area contributed by atoms with E-state index in [1.54, 1.807) is 26.0 Å². The quantitative estimate of drug-likeness (QED) is 0.390. The topological polar surface area (TPSA) is 88.2 Å². The molecule has 170 valence electrons. The highest BCUT2D eigenvalue weighted by molar-refractivity contribution is 7.99. The summed E-state index contributed by atoms with van der Waals surface area (Å²) in [6, 6.07) is 10.3. The van der Waals surface area contributed by atoms with Crippen molar-refractivity contribution in [1.82, 2.24) is 4.98 Å². The predicted octanol–water partition coefficient (Wildman–Crippen LogP) is 5.69. The molecule has 0 unspecified atom stereocenters. The molecule has 32 heavy (non-hydrogen) atoms. The molecule has 2 N–H and O–H groups in total. The first-order valence-corrected chi connectivity index (χ1v) is 12.7. The van der Waals surface area contributed by atoms with Crippen LogP contribution in [-0.4, -0.2) is 25.1 Å². The summed E-state index contributed by atoms with van der Waals surface area (Å²) in [5.41, 5.74) is 1.68. The molecule has 0 saturated carbocycles. The molecule has 0 fully saturated rings. The Hall–Kier alpha value is -2.50. The number of benzene rings is 2. The Morgan fingerprint density at radius 2 is 1.78 bits per heavy atom. The van der Waals surface area contributed by atoms with E-state index in [2.05, 4.69) is 15.0 Å². The van der Waals surface area contributed by atoms with Crippen LogP contribution in [-0.2, 0) is 16.4 Å². The minimum atomic E-state index is -3.98. The minimum Gasteiger partial charge on any atom is -0.321 e. The Morgan fingerprint density at radius 1 is 1.12 bits per heavy atom. The lowest BCUT2D eigenvalue weighted by molar-refractivity contribution is 0.102. The van der Waals surface area contributed by atoms with E-state index in [1.165, 1.54) is 41.7 Å². The highest BCUT2D eigenvalue weighted by Gasteiger charge is 2.20. The highest BCUT2D eigenvalue weighted by atomic mass is 32.2. The summed E-state index contributed by atoms with van der Waals surface area (Å²) in [4.78, 5) is 17.8. The van der Waals surface area contributed by atoms with E-state index in [9.17, 15) is 22.0 Å². The molecule has 1 amide bonds. The second-order valence-corrected chi connectivity index (χ2v) is 10.6. The van der Waals surface area contributed by atoms with Gasteiger partial charge in [0, 0.05) is 16.3 Å². The number of aromatic nitrogens is 1. The van der Waals surface area contributed by atoms with Crippen molar-refractivity contribution in [3.05, 3.63) is 63.6 Å². The first-order chi connectivity index (χ1) is 15.1. The Morgan fingerprint density at radius 3 is 2.38 bits per heavy atom. The third-order valence-corrected chi connectivity index (χ3v) is 7.96. The second-order valence-electron chi connectivity index (χ2n) is 6.82. The number of sulfonamides is 1. The standard InChI is InChI=1S/C21H21F2N3O3S3/c1-4-18-24-13(3)19(31-18)20(27)25-15-6-5-12(2)17(11-15)32(28,29)26-14-7-9-16(10-8-14)30-21(22)23/h5-11,21,26H,4H2,1-3H3,(H,25,27). The van der Waals surface area contributed by atoms with Crippen molar-refractivity contribution in [3.63, 3.8) is 0 Å². The van der Waals surface area contributed by atoms with Gasteiger partial charge in [0.05, 0.1) is 15.6 Å². The zero-order valence-corrected chi connectivity index (χ0v) is 19.9. The van der Waals surface area contributed by atoms with Gasteiger partial charge < -0.3 is 5.32 Å². The number of aryl methyl sites for hydroxylation is 3. The number of hydrogen-bond acceptors (Lipinski definition) is 6. The third-order valence-electron chi connectivity index (χ3n) is 4.42. The number of nitrogens with one attached hydrogen (secondary N) is 2. The molecule has 3 aromatic rings. The number of carbonyl (C=O) groups is 1. The summed E-state index contributed by atoms with van der Waals surface area (Å²) >= 11 is 1.68. The van der Waals surface area contributed by atoms with Crippen LogP contribution in [0.4, 0.5) is 20.2 Å². The summed E-state index contributed by atoms with van der Waals surface area (Å²) in [5.74, 6) is -2.91. The van der Waals surface area contributed by atoms with Gasteiger partial charge in [0.1, 0.15) is 4.88 Å². The van der Waals surface area contributed by atoms with Crippen LogP contribution in [0.15, 0.2) is 52.3 Å². The van der Waals surface area contributed by atoms with Crippen molar-refractivity contribution in [2.24, 2.45) is 0 Å². The van der Waals surface area contributed by atoms with Crippen LogP contribution in [0.25, 0.3) is 0 Å². The van der Waals surface area contributed by atoms with Crippen LogP contribution >= 0.6 is 23.1 Å². The van der Waals surface area contributed by atoms with Crippen LogP contribution in [0.3, 0.4) is 0 Å². The first-order valence-electron chi connectivity index (χ1n) is 9.55. The maximum absolute atomic E-state index is 12.9. The number of thiazole rings is 1.